The molecule has 0 bridgehead atoms. The first-order valence-corrected chi connectivity index (χ1v) is 6.23. The van der Waals surface area contributed by atoms with Crippen molar-refractivity contribution in [3.05, 3.63) is 23.8 Å². The number of halogens is 1. The maximum atomic E-state index is 11.0. The Balaban J connectivity index is 3.15. The van der Waals surface area contributed by atoms with Crippen molar-refractivity contribution in [3.8, 4) is 0 Å². The molecule has 0 unspecified atom stereocenters. The molecule has 82 valence electrons. The van der Waals surface area contributed by atoms with E-state index in [9.17, 15) is 13.2 Å². The minimum Gasteiger partial charge on any atom is -0.351 e. The largest absolute Gasteiger partial charge is 0.351 e. The van der Waals surface area contributed by atoms with Crippen LogP contribution in [-0.2, 0) is 9.05 Å². The Morgan fingerprint density at radius 1 is 1.47 bits per heavy atom. The van der Waals surface area contributed by atoms with Gasteiger partial charge in [-0.15, -0.1) is 0 Å². The van der Waals surface area contributed by atoms with Crippen LogP contribution < -0.4 is 11.1 Å². The number of hydrogen-bond donors (Lipinski definition) is 2. The summed E-state index contributed by atoms with van der Waals surface area (Å²) in [5, 5.41) is 2.35. The number of nitrogens with two attached hydrogens (primary N) is 1. The molecule has 3 N–H and O–H groups in total. The first-order valence-electron chi connectivity index (χ1n) is 3.92. The Bertz CT molecular complexity index is 499. The van der Waals surface area contributed by atoms with E-state index in [1.54, 1.807) is 6.92 Å². The summed E-state index contributed by atoms with van der Waals surface area (Å²) in [5.41, 5.74) is 5.94. The molecule has 0 saturated carbocycles. The van der Waals surface area contributed by atoms with Crippen LogP contribution in [0.5, 0.6) is 0 Å². The fourth-order valence-corrected chi connectivity index (χ4v) is 1.90. The fourth-order valence-electron chi connectivity index (χ4n) is 1.06. The lowest BCUT2D eigenvalue weighted by Crippen LogP contribution is -2.19. The number of carbonyl (C=O) groups is 1. The van der Waals surface area contributed by atoms with Crippen molar-refractivity contribution in [2.45, 2.75) is 11.8 Å². The lowest BCUT2D eigenvalue weighted by Gasteiger charge is -2.06. The third-order valence-electron chi connectivity index (χ3n) is 1.74. The van der Waals surface area contributed by atoms with E-state index in [4.69, 9.17) is 16.4 Å². The minimum absolute atomic E-state index is 0.0170. The maximum absolute atomic E-state index is 11.0. The molecule has 0 atom stereocenters. The van der Waals surface area contributed by atoms with Crippen LogP contribution in [-0.4, -0.2) is 14.4 Å². The predicted molar refractivity (Wildman–Crippen MR) is 57.4 cm³/mol. The van der Waals surface area contributed by atoms with Crippen molar-refractivity contribution in [3.63, 3.8) is 0 Å². The van der Waals surface area contributed by atoms with Gasteiger partial charge in [-0.25, -0.2) is 13.2 Å². The minimum atomic E-state index is -3.74. The van der Waals surface area contributed by atoms with Gasteiger partial charge in [0.1, 0.15) is 0 Å². The molecule has 0 aliphatic heterocycles. The molecule has 0 fully saturated rings. The van der Waals surface area contributed by atoms with E-state index in [0.29, 0.717) is 11.3 Å². The van der Waals surface area contributed by atoms with Crippen molar-refractivity contribution < 1.29 is 13.2 Å². The number of aryl methyl sites for hydroxylation is 1. The number of amides is 2. The molecule has 0 spiro atoms. The van der Waals surface area contributed by atoms with Gasteiger partial charge in [0.2, 0.25) is 0 Å². The van der Waals surface area contributed by atoms with Crippen molar-refractivity contribution in [2.75, 3.05) is 5.32 Å². The predicted octanol–water partition coefficient (Wildman–Crippen LogP) is 1.41. The number of rotatable bonds is 2. The van der Waals surface area contributed by atoms with Crippen molar-refractivity contribution in [1.29, 1.82) is 0 Å². The highest BCUT2D eigenvalue weighted by molar-refractivity contribution is 8.13. The molecular formula is C8H9ClN2O3S. The maximum Gasteiger partial charge on any atom is 0.316 e. The summed E-state index contributed by atoms with van der Waals surface area (Å²) in [6, 6.07) is 3.36. The molecule has 0 aliphatic rings. The summed E-state index contributed by atoms with van der Waals surface area (Å²) in [7, 11) is 1.41. The zero-order valence-electron chi connectivity index (χ0n) is 7.82. The molecule has 0 aromatic heterocycles. The highest BCUT2D eigenvalue weighted by Gasteiger charge is 2.11. The number of hydrogen-bond acceptors (Lipinski definition) is 3. The molecule has 2 amide bonds. The fraction of sp³-hybridized carbons (Fsp3) is 0.125. The number of primary amides is 1. The quantitative estimate of drug-likeness (QED) is 0.776. The number of carbonyl (C=O) groups excluding carboxylic acids is 1. The van der Waals surface area contributed by atoms with Crippen LogP contribution in [0.2, 0.25) is 0 Å². The zero-order valence-corrected chi connectivity index (χ0v) is 9.39. The summed E-state index contributed by atoms with van der Waals surface area (Å²) in [4.78, 5) is 10.6. The molecule has 0 aliphatic carbocycles. The highest BCUT2D eigenvalue weighted by atomic mass is 35.7. The lowest BCUT2D eigenvalue weighted by molar-refractivity contribution is 0.259. The first kappa shape index (κ1) is 11.8. The average molecular weight is 249 g/mol. The summed E-state index contributed by atoms with van der Waals surface area (Å²) < 4.78 is 21.9. The van der Waals surface area contributed by atoms with E-state index in [2.05, 4.69) is 5.32 Å². The second-order valence-electron chi connectivity index (χ2n) is 2.90. The topological polar surface area (TPSA) is 89.3 Å². The van der Waals surface area contributed by atoms with Crippen LogP contribution in [0.1, 0.15) is 5.56 Å². The van der Waals surface area contributed by atoms with E-state index in [0.717, 1.165) is 0 Å². The van der Waals surface area contributed by atoms with Gasteiger partial charge in [-0.2, -0.15) is 0 Å². The molecule has 1 aromatic rings. The number of anilines is 1. The highest BCUT2D eigenvalue weighted by Crippen LogP contribution is 2.21. The second kappa shape index (κ2) is 4.08. The zero-order chi connectivity index (χ0) is 11.6. The molecule has 5 nitrogen and oxygen atoms in total. The Labute approximate surface area is 91.6 Å². The lowest BCUT2D eigenvalue weighted by atomic mass is 10.2. The standard InChI is InChI=1S/C8H9ClN2O3S/c1-5-4-6(15(9,13)14)2-3-7(5)11-8(10)12/h2-4H,1H3,(H3,10,11,12). The Morgan fingerprint density at radius 3 is 2.47 bits per heavy atom. The molecule has 1 aromatic carbocycles. The second-order valence-corrected chi connectivity index (χ2v) is 5.47. The van der Waals surface area contributed by atoms with Gasteiger partial charge in [0, 0.05) is 16.4 Å². The van der Waals surface area contributed by atoms with E-state index in [1.165, 1.54) is 18.2 Å². The van der Waals surface area contributed by atoms with Crippen LogP contribution >= 0.6 is 10.7 Å². The first-order chi connectivity index (χ1) is 6.80. The summed E-state index contributed by atoms with van der Waals surface area (Å²) in [5.74, 6) is 0. The smallest absolute Gasteiger partial charge is 0.316 e. The van der Waals surface area contributed by atoms with Gasteiger partial charge in [-0.05, 0) is 30.7 Å². The monoisotopic (exact) mass is 248 g/mol. The van der Waals surface area contributed by atoms with Crippen molar-refractivity contribution in [2.24, 2.45) is 5.73 Å². The number of nitrogens with one attached hydrogen (secondary N) is 1. The Kier molecular flexibility index (Phi) is 3.21. The van der Waals surface area contributed by atoms with Gasteiger partial charge >= 0.3 is 6.03 Å². The SMILES string of the molecule is Cc1cc(S(=O)(=O)Cl)ccc1NC(N)=O. The molecule has 15 heavy (non-hydrogen) atoms. The van der Waals surface area contributed by atoms with Gasteiger partial charge in [-0.1, -0.05) is 0 Å². The molecule has 0 heterocycles. The molecule has 7 heteroatoms. The summed E-state index contributed by atoms with van der Waals surface area (Å²) in [6.07, 6.45) is 0. The van der Waals surface area contributed by atoms with Gasteiger partial charge < -0.3 is 11.1 Å². The van der Waals surface area contributed by atoms with E-state index < -0.39 is 15.1 Å². The van der Waals surface area contributed by atoms with Crippen LogP contribution in [0.25, 0.3) is 0 Å². The Morgan fingerprint density at radius 2 is 2.07 bits per heavy atom. The average Bonchev–Trinajstić information content (AvgIpc) is 2.05. The van der Waals surface area contributed by atoms with Crippen molar-refractivity contribution >= 4 is 31.5 Å². The molecular weight excluding hydrogens is 240 g/mol. The van der Waals surface area contributed by atoms with Crippen LogP contribution in [0.4, 0.5) is 10.5 Å². The van der Waals surface area contributed by atoms with E-state index in [1.807, 2.05) is 0 Å². The van der Waals surface area contributed by atoms with E-state index in [-0.39, 0.29) is 4.90 Å². The third kappa shape index (κ3) is 3.10. The molecule has 0 radical (unpaired) electrons. The van der Waals surface area contributed by atoms with E-state index >= 15 is 0 Å². The van der Waals surface area contributed by atoms with Crippen LogP contribution in [0, 0.1) is 6.92 Å². The van der Waals surface area contributed by atoms with Gasteiger partial charge in [0.05, 0.1) is 4.90 Å². The Hall–Kier alpha value is -1.27. The van der Waals surface area contributed by atoms with Gasteiger partial charge in [0.15, 0.2) is 0 Å². The van der Waals surface area contributed by atoms with Crippen molar-refractivity contribution in [1.82, 2.24) is 0 Å². The number of urea groups is 1. The van der Waals surface area contributed by atoms with Crippen LogP contribution in [0.3, 0.4) is 0 Å². The van der Waals surface area contributed by atoms with Gasteiger partial charge in [-0.3, -0.25) is 0 Å². The molecule has 0 saturated heterocycles. The third-order valence-corrected chi connectivity index (χ3v) is 3.09. The number of benzene rings is 1. The summed E-state index contributed by atoms with van der Waals surface area (Å²) >= 11 is 0. The molecule has 1 rings (SSSR count). The van der Waals surface area contributed by atoms with Crippen LogP contribution in [0.15, 0.2) is 23.1 Å². The summed E-state index contributed by atoms with van der Waals surface area (Å²) in [6.45, 7) is 1.64. The normalized spacial score (nSPS) is 11.1. The van der Waals surface area contributed by atoms with Gasteiger partial charge in [0.25, 0.3) is 9.05 Å².